The summed E-state index contributed by atoms with van der Waals surface area (Å²) in [5.74, 6) is 2.79. The first-order valence-corrected chi connectivity index (χ1v) is 9.59. The van der Waals surface area contributed by atoms with Crippen molar-refractivity contribution in [2.75, 3.05) is 43.1 Å². The van der Waals surface area contributed by atoms with Crippen LogP contribution in [-0.2, 0) is 6.42 Å². The lowest BCUT2D eigenvalue weighted by molar-refractivity contribution is 0.395. The Hall–Kier alpha value is -3.49. The highest BCUT2D eigenvalue weighted by molar-refractivity contribution is 5.56. The standard InChI is InChI=1S/C20H23N7O2/c1-3-15-10-18(28)25-20(23-15)14-4-5-16(22-11-14)26-6-8-27(9-7-26)17-12-21-13-19(24-17)29-2/h4-5,10-13H,3,6-9H2,1-2H3,(H,23,25,28). The largest absolute Gasteiger partial charge is 0.480 e. The number of nitrogens with zero attached hydrogens (tertiary/aromatic N) is 6. The van der Waals surface area contributed by atoms with E-state index < -0.39 is 0 Å². The van der Waals surface area contributed by atoms with E-state index in [4.69, 9.17) is 4.74 Å². The van der Waals surface area contributed by atoms with Crippen LogP contribution < -0.4 is 20.1 Å². The number of anilines is 2. The number of aromatic nitrogens is 5. The van der Waals surface area contributed by atoms with Gasteiger partial charge in [0.05, 0.1) is 19.5 Å². The maximum Gasteiger partial charge on any atom is 0.251 e. The fourth-order valence-electron chi connectivity index (χ4n) is 3.29. The lowest BCUT2D eigenvalue weighted by Crippen LogP contribution is -2.47. The lowest BCUT2D eigenvalue weighted by Gasteiger charge is -2.35. The number of piperazine rings is 1. The number of nitrogens with one attached hydrogen (secondary N) is 1. The summed E-state index contributed by atoms with van der Waals surface area (Å²) in [6.45, 7) is 5.26. The van der Waals surface area contributed by atoms with Crippen LogP contribution in [0.2, 0.25) is 0 Å². The molecule has 9 heteroatoms. The second-order valence-electron chi connectivity index (χ2n) is 6.74. The van der Waals surface area contributed by atoms with Gasteiger partial charge < -0.3 is 19.5 Å². The van der Waals surface area contributed by atoms with Gasteiger partial charge >= 0.3 is 0 Å². The van der Waals surface area contributed by atoms with Crippen molar-refractivity contribution in [1.29, 1.82) is 0 Å². The van der Waals surface area contributed by atoms with Gasteiger partial charge in [0.1, 0.15) is 11.6 Å². The van der Waals surface area contributed by atoms with Crippen LogP contribution in [0.3, 0.4) is 0 Å². The molecule has 9 nitrogen and oxygen atoms in total. The Morgan fingerprint density at radius 3 is 2.45 bits per heavy atom. The molecule has 4 rings (SSSR count). The first-order valence-electron chi connectivity index (χ1n) is 9.59. The molecule has 0 atom stereocenters. The Kier molecular flexibility index (Phi) is 5.37. The van der Waals surface area contributed by atoms with Crippen LogP contribution in [0.4, 0.5) is 11.6 Å². The summed E-state index contributed by atoms with van der Waals surface area (Å²) in [7, 11) is 1.59. The van der Waals surface area contributed by atoms with Gasteiger partial charge in [-0.2, -0.15) is 4.98 Å². The van der Waals surface area contributed by atoms with E-state index >= 15 is 0 Å². The van der Waals surface area contributed by atoms with Crippen molar-refractivity contribution < 1.29 is 4.74 Å². The number of ether oxygens (including phenoxy) is 1. The molecule has 150 valence electrons. The number of hydrogen-bond donors (Lipinski definition) is 1. The van der Waals surface area contributed by atoms with Gasteiger partial charge in [0, 0.05) is 49.7 Å². The van der Waals surface area contributed by atoms with Gasteiger partial charge in [-0.3, -0.25) is 9.78 Å². The van der Waals surface area contributed by atoms with Gasteiger partial charge in [-0.1, -0.05) is 6.92 Å². The summed E-state index contributed by atoms with van der Waals surface area (Å²) in [6, 6.07) is 5.44. The molecule has 0 aliphatic carbocycles. The van der Waals surface area contributed by atoms with Crippen LogP contribution in [0.15, 0.2) is 41.6 Å². The SMILES string of the molecule is CCc1cc(=O)[nH]c(-c2ccc(N3CCN(c4cncc(OC)n4)CC3)nc2)n1. The van der Waals surface area contributed by atoms with Crippen LogP contribution in [-0.4, -0.2) is 58.2 Å². The minimum atomic E-state index is -0.146. The van der Waals surface area contributed by atoms with E-state index in [9.17, 15) is 4.79 Å². The van der Waals surface area contributed by atoms with E-state index in [1.165, 1.54) is 6.07 Å². The smallest absolute Gasteiger partial charge is 0.251 e. The van der Waals surface area contributed by atoms with Gasteiger partial charge in [-0.25, -0.2) is 9.97 Å². The fourth-order valence-corrected chi connectivity index (χ4v) is 3.29. The normalized spacial score (nSPS) is 14.1. The van der Waals surface area contributed by atoms with Crippen molar-refractivity contribution in [2.24, 2.45) is 0 Å². The third kappa shape index (κ3) is 4.18. The Labute approximate surface area is 168 Å². The third-order valence-electron chi connectivity index (χ3n) is 4.91. The van der Waals surface area contributed by atoms with E-state index in [-0.39, 0.29) is 5.56 Å². The Bertz CT molecular complexity index is 1030. The Balaban J connectivity index is 1.44. The predicted molar refractivity (Wildman–Crippen MR) is 110 cm³/mol. The zero-order valence-electron chi connectivity index (χ0n) is 16.5. The Morgan fingerprint density at radius 2 is 1.79 bits per heavy atom. The molecular weight excluding hydrogens is 370 g/mol. The fraction of sp³-hybridized carbons (Fsp3) is 0.350. The molecule has 1 N–H and O–H groups in total. The Morgan fingerprint density at radius 1 is 1.03 bits per heavy atom. The summed E-state index contributed by atoms with van der Waals surface area (Å²) in [4.78, 5) is 36.7. The summed E-state index contributed by atoms with van der Waals surface area (Å²) in [5.41, 5.74) is 1.42. The number of methoxy groups -OCH3 is 1. The molecule has 3 aromatic heterocycles. The van der Waals surface area contributed by atoms with Gasteiger partial charge in [0.2, 0.25) is 5.88 Å². The summed E-state index contributed by atoms with van der Waals surface area (Å²) >= 11 is 0. The first-order chi connectivity index (χ1) is 14.2. The number of H-pyrrole nitrogens is 1. The zero-order valence-corrected chi connectivity index (χ0v) is 16.5. The maximum absolute atomic E-state index is 11.8. The predicted octanol–water partition coefficient (Wildman–Crippen LogP) is 1.52. The molecule has 1 fully saturated rings. The van der Waals surface area contributed by atoms with Crippen molar-refractivity contribution in [2.45, 2.75) is 13.3 Å². The average Bonchev–Trinajstić information content (AvgIpc) is 2.79. The van der Waals surface area contributed by atoms with E-state index in [2.05, 4.69) is 34.7 Å². The topological polar surface area (TPSA) is 100 Å². The van der Waals surface area contributed by atoms with Crippen LogP contribution in [0, 0.1) is 0 Å². The molecule has 0 aromatic carbocycles. The highest BCUT2D eigenvalue weighted by Crippen LogP contribution is 2.21. The monoisotopic (exact) mass is 393 g/mol. The maximum atomic E-state index is 11.8. The molecule has 0 amide bonds. The summed E-state index contributed by atoms with van der Waals surface area (Å²) < 4.78 is 5.16. The average molecular weight is 393 g/mol. The molecule has 0 unspecified atom stereocenters. The van der Waals surface area contributed by atoms with Crippen LogP contribution in [0.1, 0.15) is 12.6 Å². The molecule has 0 radical (unpaired) electrons. The summed E-state index contributed by atoms with van der Waals surface area (Å²) in [6.07, 6.45) is 5.82. The molecule has 0 saturated carbocycles. The number of pyridine rings is 1. The van der Waals surface area contributed by atoms with Crippen molar-refractivity contribution in [3.8, 4) is 17.3 Å². The molecule has 3 aromatic rings. The number of aromatic amines is 1. The molecule has 29 heavy (non-hydrogen) atoms. The quantitative estimate of drug-likeness (QED) is 0.696. The van der Waals surface area contributed by atoms with Crippen molar-refractivity contribution >= 4 is 11.6 Å². The van der Waals surface area contributed by atoms with E-state index in [0.717, 1.165) is 49.1 Å². The van der Waals surface area contributed by atoms with Gasteiger partial charge in [0.15, 0.2) is 5.82 Å². The third-order valence-corrected chi connectivity index (χ3v) is 4.91. The second kappa shape index (κ2) is 8.26. The van der Waals surface area contributed by atoms with Crippen molar-refractivity contribution in [3.05, 3.63) is 52.8 Å². The van der Waals surface area contributed by atoms with E-state index in [1.54, 1.807) is 25.7 Å². The van der Waals surface area contributed by atoms with Crippen molar-refractivity contribution in [1.82, 2.24) is 24.9 Å². The molecular formula is C20H23N7O2. The molecule has 1 aliphatic rings. The van der Waals surface area contributed by atoms with Gasteiger partial charge in [-0.15, -0.1) is 0 Å². The van der Waals surface area contributed by atoms with Gasteiger partial charge in [0.25, 0.3) is 5.56 Å². The summed E-state index contributed by atoms with van der Waals surface area (Å²) in [5, 5.41) is 0. The number of rotatable bonds is 5. The molecule has 1 saturated heterocycles. The molecule has 0 bridgehead atoms. The van der Waals surface area contributed by atoms with E-state index in [1.807, 2.05) is 19.1 Å². The first kappa shape index (κ1) is 18.9. The van der Waals surface area contributed by atoms with E-state index in [0.29, 0.717) is 18.1 Å². The molecule has 4 heterocycles. The highest BCUT2D eigenvalue weighted by atomic mass is 16.5. The highest BCUT2D eigenvalue weighted by Gasteiger charge is 2.20. The van der Waals surface area contributed by atoms with Crippen molar-refractivity contribution in [3.63, 3.8) is 0 Å². The van der Waals surface area contributed by atoms with Gasteiger partial charge in [-0.05, 0) is 18.6 Å². The van der Waals surface area contributed by atoms with Crippen LogP contribution >= 0.6 is 0 Å². The molecule has 0 spiro atoms. The second-order valence-corrected chi connectivity index (χ2v) is 6.74. The number of aryl methyl sites for hydroxylation is 1. The lowest BCUT2D eigenvalue weighted by atomic mass is 10.2. The molecule has 1 aliphatic heterocycles. The van der Waals surface area contributed by atoms with Crippen LogP contribution in [0.25, 0.3) is 11.4 Å². The minimum absolute atomic E-state index is 0.146. The zero-order chi connectivity index (χ0) is 20.2. The van der Waals surface area contributed by atoms with Crippen LogP contribution in [0.5, 0.6) is 5.88 Å². The minimum Gasteiger partial charge on any atom is -0.480 e. The number of hydrogen-bond acceptors (Lipinski definition) is 8.